The molecule has 2 bridgehead atoms. The van der Waals surface area contributed by atoms with Gasteiger partial charge in [-0.1, -0.05) is 0 Å². The highest BCUT2D eigenvalue weighted by Gasteiger charge is 2.43. The Bertz CT molecular complexity index is 845. The van der Waals surface area contributed by atoms with Gasteiger partial charge >= 0.3 is 6.03 Å². The number of hydrogen-bond acceptors (Lipinski definition) is 4. The fourth-order valence-corrected chi connectivity index (χ4v) is 3.63. The van der Waals surface area contributed by atoms with Crippen molar-refractivity contribution >= 4 is 11.8 Å². The molecule has 2 aliphatic heterocycles. The number of rotatable bonds is 1. The van der Waals surface area contributed by atoms with Crippen molar-refractivity contribution in [2.24, 2.45) is 0 Å². The molecule has 6 nitrogen and oxygen atoms in total. The van der Waals surface area contributed by atoms with Crippen molar-refractivity contribution in [2.45, 2.75) is 31.3 Å². The number of urea groups is 1. The average Bonchev–Trinajstić information content (AvgIpc) is 2.92. The van der Waals surface area contributed by atoms with E-state index in [2.05, 4.69) is 15.3 Å². The molecule has 0 aromatic carbocycles. The molecule has 1 fully saturated rings. The van der Waals surface area contributed by atoms with Crippen LogP contribution in [0.1, 0.15) is 35.6 Å². The Balaban J connectivity index is 1.58. The maximum absolute atomic E-state index is 13.9. The third-order valence-electron chi connectivity index (χ3n) is 4.70. The lowest BCUT2D eigenvalue weighted by Crippen LogP contribution is -2.44. The summed E-state index contributed by atoms with van der Waals surface area (Å²) in [5.41, 5.74) is 1.91. The second-order valence-electron chi connectivity index (χ2n) is 6.00. The summed E-state index contributed by atoms with van der Waals surface area (Å²) in [6.07, 6.45) is 5.00. The van der Waals surface area contributed by atoms with Crippen LogP contribution >= 0.6 is 0 Å². The van der Waals surface area contributed by atoms with Crippen LogP contribution in [0.2, 0.25) is 0 Å². The van der Waals surface area contributed by atoms with E-state index in [1.807, 2.05) is 6.07 Å². The Morgan fingerprint density at radius 1 is 1.33 bits per heavy atom. The molecule has 0 radical (unpaired) electrons. The van der Waals surface area contributed by atoms with E-state index < -0.39 is 5.95 Å². The van der Waals surface area contributed by atoms with Gasteiger partial charge in [0.2, 0.25) is 5.95 Å². The van der Waals surface area contributed by atoms with Crippen molar-refractivity contribution < 1.29 is 9.18 Å². The smallest absolute Gasteiger partial charge is 0.314 e. The third kappa shape index (κ3) is 2.27. The lowest BCUT2D eigenvalue weighted by atomic mass is 9.95. The van der Waals surface area contributed by atoms with Gasteiger partial charge in [0, 0.05) is 24.0 Å². The lowest BCUT2D eigenvalue weighted by Gasteiger charge is -2.36. The molecule has 4 heterocycles. The maximum Gasteiger partial charge on any atom is 0.323 e. The topological polar surface area (TPSA) is 81.9 Å². The van der Waals surface area contributed by atoms with Gasteiger partial charge in [-0.05, 0) is 43.0 Å². The van der Waals surface area contributed by atoms with Gasteiger partial charge in [0.15, 0.2) is 0 Å². The normalized spacial score (nSPS) is 21.1. The average molecular weight is 323 g/mol. The molecule has 1 N–H and O–H groups in total. The van der Waals surface area contributed by atoms with Crippen LogP contribution in [0.3, 0.4) is 0 Å². The van der Waals surface area contributed by atoms with Gasteiger partial charge < -0.3 is 4.90 Å². The summed E-state index contributed by atoms with van der Waals surface area (Å²) in [6, 6.07) is 6.57. The molecule has 2 aromatic rings. The van der Waals surface area contributed by atoms with E-state index in [0.29, 0.717) is 23.4 Å². The van der Waals surface area contributed by atoms with Gasteiger partial charge in [-0.2, -0.15) is 9.65 Å². The minimum atomic E-state index is -0.432. The lowest BCUT2D eigenvalue weighted by molar-refractivity contribution is 0.178. The van der Waals surface area contributed by atoms with Crippen molar-refractivity contribution in [2.75, 3.05) is 5.32 Å². The Kier molecular flexibility index (Phi) is 3.38. The molecule has 24 heavy (non-hydrogen) atoms. The minimum Gasteiger partial charge on any atom is -0.314 e. The number of anilines is 1. The van der Waals surface area contributed by atoms with Crippen LogP contribution < -0.4 is 5.32 Å². The third-order valence-corrected chi connectivity index (χ3v) is 4.70. The SMILES string of the molecule is N#Cc1ccc(NC(=O)N2[C@H]3CC[C@@H]2c2ccnc(F)c2C3)nc1. The molecule has 0 aliphatic carbocycles. The number of nitrogens with one attached hydrogen (secondary N) is 1. The zero-order valence-corrected chi connectivity index (χ0v) is 12.7. The zero-order chi connectivity index (χ0) is 16.7. The molecule has 0 spiro atoms. The van der Waals surface area contributed by atoms with Crippen LogP contribution in [0.5, 0.6) is 0 Å². The summed E-state index contributed by atoms with van der Waals surface area (Å²) in [6.45, 7) is 0. The number of pyridine rings is 2. The van der Waals surface area contributed by atoms with E-state index in [1.54, 1.807) is 23.1 Å². The number of nitrogens with zero attached hydrogens (tertiary/aromatic N) is 4. The summed E-state index contributed by atoms with van der Waals surface area (Å²) < 4.78 is 13.9. The highest BCUT2D eigenvalue weighted by Crippen LogP contribution is 2.44. The number of amides is 2. The Morgan fingerprint density at radius 2 is 2.21 bits per heavy atom. The highest BCUT2D eigenvalue weighted by atomic mass is 19.1. The molecule has 1 saturated heterocycles. The molecule has 0 unspecified atom stereocenters. The largest absolute Gasteiger partial charge is 0.323 e. The quantitative estimate of drug-likeness (QED) is 0.818. The van der Waals surface area contributed by atoms with Crippen molar-refractivity contribution in [3.05, 3.63) is 53.2 Å². The van der Waals surface area contributed by atoms with Crippen LogP contribution in [0.4, 0.5) is 15.0 Å². The molecular weight excluding hydrogens is 309 g/mol. The van der Waals surface area contributed by atoms with Crippen molar-refractivity contribution in [3.63, 3.8) is 0 Å². The molecule has 2 aliphatic rings. The highest BCUT2D eigenvalue weighted by molar-refractivity contribution is 5.89. The fourth-order valence-electron chi connectivity index (χ4n) is 3.63. The predicted molar refractivity (Wildman–Crippen MR) is 83.5 cm³/mol. The molecule has 7 heteroatoms. The Labute approximate surface area is 138 Å². The monoisotopic (exact) mass is 323 g/mol. The number of halogens is 1. The van der Waals surface area contributed by atoms with Crippen LogP contribution in [0, 0.1) is 17.3 Å². The van der Waals surface area contributed by atoms with Gasteiger partial charge in [-0.15, -0.1) is 0 Å². The first-order valence-electron chi connectivity index (χ1n) is 7.76. The Morgan fingerprint density at radius 3 is 2.96 bits per heavy atom. The second kappa shape index (κ2) is 5.57. The number of hydrogen-bond donors (Lipinski definition) is 1. The standard InChI is InChI=1S/C17H14FN5O/c18-16-13-7-11-2-3-14(12(13)5-6-20-16)23(11)17(24)22-15-4-1-10(8-19)9-21-15/h1,4-6,9,11,14H,2-3,7H2,(H,21,22,24)/t11-,14+/m0/s1. The van der Waals surface area contributed by atoms with Gasteiger partial charge in [0.1, 0.15) is 11.9 Å². The fraction of sp³-hybridized carbons (Fsp3) is 0.294. The van der Waals surface area contributed by atoms with Crippen LogP contribution in [0.25, 0.3) is 0 Å². The Hall–Kier alpha value is -3.01. The van der Waals surface area contributed by atoms with Crippen molar-refractivity contribution in [1.29, 1.82) is 5.26 Å². The molecule has 2 aromatic heterocycles. The number of carbonyl (C=O) groups excluding carboxylic acids is 1. The van der Waals surface area contributed by atoms with E-state index in [9.17, 15) is 9.18 Å². The summed E-state index contributed by atoms with van der Waals surface area (Å²) in [7, 11) is 0. The van der Waals surface area contributed by atoms with Gasteiger partial charge in [0.25, 0.3) is 0 Å². The molecule has 2 atom stereocenters. The predicted octanol–water partition coefficient (Wildman–Crippen LogP) is 2.78. The van der Waals surface area contributed by atoms with E-state index in [4.69, 9.17) is 5.26 Å². The molecule has 4 rings (SSSR count). The molecule has 0 saturated carbocycles. The molecule has 2 amide bonds. The first-order chi connectivity index (χ1) is 11.7. The zero-order valence-electron chi connectivity index (χ0n) is 12.7. The second-order valence-corrected chi connectivity index (χ2v) is 6.00. The van der Waals surface area contributed by atoms with Gasteiger partial charge in [-0.25, -0.2) is 14.8 Å². The minimum absolute atomic E-state index is 0.0282. The molecular formula is C17H14FN5O. The summed E-state index contributed by atoms with van der Waals surface area (Å²) in [5.74, 6) is -0.0386. The van der Waals surface area contributed by atoms with Crippen LogP contribution in [-0.2, 0) is 6.42 Å². The van der Waals surface area contributed by atoms with Crippen LogP contribution in [0.15, 0.2) is 30.6 Å². The summed E-state index contributed by atoms with van der Waals surface area (Å²) >= 11 is 0. The van der Waals surface area contributed by atoms with Crippen molar-refractivity contribution in [1.82, 2.24) is 14.9 Å². The first-order valence-corrected chi connectivity index (χ1v) is 7.76. The van der Waals surface area contributed by atoms with E-state index in [1.165, 1.54) is 12.4 Å². The van der Waals surface area contributed by atoms with E-state index >= 15 is 0 Å². The van der Waals surface area contributed by atoms with Crippen molar-refractivity contribution in [3.8, 4) is 6.07 Å². The summed E-state index contributed by atoms with van der Waals surface area (Å²) in [5, 5.41) is 11.6. The number of carbonyl (C=O) groups is 1. The summed E-state index contributed by atoms with van der Waals surface area (Å²) in [4.78, 5) is 22.2. The maximum atomic E-state index is 13.9. The van der Waals surface area contributed by atoms with Gasteiger partial charge in [0.05, 0.1) is 11.6 Å². The van der Waals surface area contributed by atoms with Crippen LogP contribution in [-0.4, -0.2) is 26.9 Å². The number of nitriles is 1. The van der Waals surface area contributed by atoms with Gasteiger partial charge in [-0.3, -0.25) is 5.32 Å². The molecule has 120 valence electrons. The number of aromatic nitrogens is 2. The first kappa shape index (κ1) is 14.6. The van der Waals surface area contributed by atoms with E-state index in [0.717, 1.165) is 18.4 Å². The number of fused-ring (bicyclic) bond motifs is 4. The van der Waals surface area contributed by atoms with E-state index in [-0.39, 0.29) is 18.1 Å².